The zero-order valence-corrected chi connectivity index (χ0v) is 12.8. The molecule has 20 heavy (non-hydrogen) atoms. The Morgan fingerprint density at radius 3 is 1.75 bits per heavy atom. The van der Waals surface area contributed by atoms with Crippen LogP contribution >= 0.6 is 11.8 Å². The molecular formula is C18H18OS. The normalized spacial score (nSPS) is 10.8. The van der Waals surface area contributed by atoms with E-state index in [0.717, 1.165) is 22.3 Å². The highest BCUT2D eigenvalue weighted by Gasteiger charge is 2.32. The monoisotopic (exact) mass is 282 g/mol. The first-order valence-electron chi connectivity index (χ1n) is 6.49. The molecule has 1 N–H and O–H groups in total. The lowest BCUT2D eigenvalue weighted by molar-refractivity contribution is 0.144. The second kappa shape index (κ2) is 6.17. The molecule has 0 radical (unpaired) electrons. The first-order valence-corrected chi connectivity index (χ1v) is 7.72. The summed E-state index contributed by atoms with van der Waals surface area (Å²) in [5.74, 6) is 3.03. The molecule has 0 aliphatic heterocycles. The van der Waals surface area contributed by atoms with Gasteiger partial charge in [0.25, 0.3) is 0 Å². The molecule has 0 aliphatic carbocycles. The third kappa shape index (κ3) is 2.75. The minimum Gasteiger partial charge on any atom is -0.369 e. The summed E-state index contributed by atoms with van der Waals surface area (Å²) in [6.07, 6.45) is 1.91. The summed E-state index contributed by atoms with van der Waals surface area (Å²) < 4.78 is 0. The molecule has 0 heterocycles. The maximum Gasteiger partial charge on any atom is 0.178 e. The predicted octanol–water partition coefficient (Wildman–Crippen LogP) is 3.86. The van der Waals surface area contributed by atoms with Gasteiger partial charge in [-0.3, -0.25) is 0 Å². The fraction of sp³-hybridized carbons (Fsp3) is 0.222. The average molecular weight is 282 g/mol. The number of hydrogen-bond donors (Lipinski definition) is 1. The highest BCUT2D eigenvalue weighted by molar-refractivity contribution is 8.03. The molecule has 0 unspecified atom stereocenters. The van der Waals surface area contributed by atoms with Crippen LogP contribution in [-0.2, 0) is 5.60 Å². The van der Waals surface area contributed by atoms with Crippen LogP contribution in [-0.4, -0.2) is 11.4 Å². The Hall–Kier alpha value is -1.69. The zero-order valence-electron chi connectivity index (χ0n) is 12.0. The van der Waals surface area contributed by atoms with E-state index in [2.05, 4.69) is 11.2 Å². The summed E-state index contributed by atoms with van der Waals surface area (Å²) in [6.45, 7) is 4.00. The van der Waals surface area contributed by atoms with Crippen molar-refractivity contribution in [2.45, 2.75) is 19.4 Å². The molecule has 1 nitrogen and oxygen atoms in total. The van der Waals surface area contributed by atoms with Crippen molar-refractivity contribution >= 4 is 11.8 Å². The van der Waals surface area contributed by atoms with Crippen molar-refractivity contribution in [3.8, 4) is 11.2 Å². The number of aliphatic hydroxyl groups is 1. The molecule has 0 bridgehead atoms. The third-order valence-corrected chi connectivity index (χ3v) is 3.71. The van der Waals surface area contributed by atoms with Crippen LogP contribution in [0, 0.1) is 25.0 Å². The summed E-state index contributed by atoms with van der Waals surface area (Å²) in [4.78, 5) is 0. The van der Waals surface area contributed by atoms with Crippen LogP contribution in [0.3, 0.4) is 0 Å². The third-order valence-electron chi connectivity index (χ3n) is 3.40. The van der Waals surface area contributed by atoms with Gasteiger partial charge in [0.2, 0.25) is 0 Å². The molecule has 2 aromatic carbocycles. The first kappa shape index (κ1) is 14.7. The molecule has 0 saturated heterocycles. The van der Waals surface area contributed by atoms with Crippen molar-refractivity contribution in [2.24, 2.45) is 0 Å². The van der Waals surface area contributed by atoms with Gasteiger partial charge in [-0.25, -0.2) is 0 Å². The van der Waals surface area contributed by atoms with Gasteiger partial charge in [0, 0.05) is 11.1 Å². The van der Waals surface area contributed by atoms with Crippen molar-refractivity contribution in [1.82, 2.24) is 0 Å². The van der Waals surface area contributed by atoms with Gasteiger partial charge in [0.1, 0.15) is 0 Å². The Labute approximate surface area is 125 Å². The van der Waals surface area contributed by atoms with Crippen molar-refractivity contribution in [1.29, 1.82) is 0 Å². The molecule has 0 fully saturated rings. The molecule has 0 aromatic heterocycles. The summed E-state index contributed by atoms with van der Waals surface area (Å²) in [5, 5.41) is 14.2. The van der Waals surface area contributed by atoms with Gasteiger partial charge < -0.3 is 5.11 Å². The van der Waals surface area contributed by atoms with E-state index >= 15 is 0 Å². The van der Waals surface area contributed by atoms with Crippen LogP contribution in [0.15, 0.2) is 48.5 Å². The van der Waals surface area contributed by atoms with Gasteiger partial charge in [-0.2, -0.15) is 0 Å². The molecule has 102 valence electrons. The standard InChI is InChI=1S/C18H18OS/c1-14-8-4-6-10-16(14)18(19,12-13-20-3)17-11-7-5-9-15(17)2/h4-11,19H,1-3H3. The second-order valence-corrected chi connectivity index (χ2v) is 5.38. The van der Waals surface area contributed by atoms with Crippen LogP contribution in [0.4, 0.5) is 0 Å². The van der Waals surface area contributed by atoms with E-state index in [1.54, 1.807) is 0 Å². The lowest BCUT2D eigenvalue weighted by Crippen LogP contribution is -2.27. The topological polar surface area (TPSA) is 20.2 Å². The van der Waals surface area contributed by atoms with E-state index in [4.69, 9.17) is 0 Å². The molecular weight excluding hydrogens is 264 g/mol. The molecule has 2 aromatic rings. The SMILES string of the molecule is CSC#CC(O)(c1ccccc1C)c1ccccc1C. The highest BCUT2D eigenvalue weighted by Crippen LogP contribution is 2.33. The predicted molar refractivity (Wildman–Crippen MR) is 86.6 cm³/mol. The van der Waals surface area contributed by atoms with E-state index in [1.807, 2.05) is 68.6 Å². The van der Waals surface area contributed by atoms with Gasteiger partial charge in [0.15, 0.2) is 5.60 Å². The van der Waals surface area contributed by atoms with Crippen LogP contribution in [0.5, 0.6) is 0 Å². The first-order chi connectivity index (χ1) is 9.59. The van der Waals surface area contributed by atoms with Crippen LogP contribution in [0.2, 0.25) is 0 Å². The summed E-state index contributed by atoms with van der Waals surface area (Å²) in [6, 6.07) is 15.7. The van der Waals surface area contributed by atoms with E-state index in [0.29, 0.717) is 0 Å². The zero-order chi connectivity index (χ0) is 14.6. The quantitative estimate of drug-likeness (QED) is 0.844. The summed E-state index contributed by atoms with van der Waals surface area (Å²) >= 11 is 1.41. The summed E-state index contributed by atoms with van der Waals surface area (Å²) in [7, 11) is 0. The highest BCUT2D eigenvalue weighted by atomic mass is 32.2. The molecule has 0 atom stereocenters. The van der Waals surface area contributed by atoms with Gasteiger partial charge >= 0.3 is 0 Å². The van der Waals surface area contributed by atoms with Crippen molar-refractivity contribution in [3.63, 3.8) is 0 Å². The van der Waals surface area contributed by atoms with Crippen LogP contribution < -0.4 is 0 Å². The Bertz CT molecular complexity index is 619. The van der Waals surface area contributed by atoms with E-state index < -0.39 is 5.60 Å². The van der Waals surface area contributed by atoms with Gasteiger partial charge in [-0.1, -0.05) is 60.3 Å². The fourth-order valence-electron chi connectivity index (χ4n) is 2.36. The molecule has 0 aliphatic rings. The lowest BCUT2D eigenvalue weighted by atomic mass is 9.82. The smallest absolute Gasteiger partial charge is 0.178 e. The Morgan fingerprint density at radius 1 is 0.900 bits per heavy atom. The van der Waals surface area contributed by atoms with Crippen molar-refractivity contribution < 1.29 is 5.11 Å². The maximum absolute atomic E-state index is 11.3. The van der Waals surface area contributed by atoms with Gasteiger partial charge in [-0.05, 0) is 42.4 Å². The molecule has 0 saturated carbocycles. The van der Waals surface area contributed by atoms with Gasteiger partial charge in [0.05, 0.1) is 0 Å². The molecule has 2 heteroatoms. The van der Waals surface area contributed by atoms with E-state index in [-0.39, 0.29) is 0 Å². The maximum atomic E-state index is 11.3. The van der Waals surface area contributed by atoms with Crippen molar-refractivity contribution in [2.75, 3.05) is 6.26 Å². The van der Waals surface area contributed by atoms with Crippen molar-refractivity contribution in [3.05, 3.63) is 70.8 Å². The number of rotatable bonds is 2. The molecule has 2 rings (SSSR count). The molecule has 0 amide bonds. The second-order valence-electron chi connectivity index (χ2n) is 4.77. The fourth-order valence-corrected chi connectivity index (χ4v) is 2.61. The minimum absolute atomic E-state index is 0.843. The van der Waals surface area contributed by atoms with E-state index in [9.17, 15) is 5.11 Å². The number of thioether (sulfide) groups is 1. The molecule has 0 spiro atoms. The number of aryl methyl sites for hydroxylation is 2. The average Bonchev–Trinajstić information content (AvgIpc) is 2.46. The number of benzene rings is 2. The largest absolute Gasteiger partial charge is 0.369 e. The Morgan fingerprint density at radius 2 is 1.35 bits per heavy atom. The lowest BCUT2D eigenvalue weighted by Gasteiger charge is -2.26. The Balaban J connectivity index is 2.70. The summed E-state index contributed by atoms with van der Waals surface area (Å²) in [5.41, 5.74) is 2.49. The van der Waals surface area contributed by atoms with Gasteiger partial charge in [-0.15, -0.1) is 0 Å². The minimum atomic E-state index is -1.26. The van der Waals surface area contributed by atoms with E-state index in [1.165, 1.54) is 11.8 Å². The Kier molecular flexibility index (Phi) is 4.54. The van der Waals surface area contributed by atoms with Crippen LogP contribution in [0.25, 0.3) is 0 Å². The number of hydrogen-bond acceptors (Lipinski definition) is 2. The van der Waals surface area contributed by atoms with Crippen LogP contribution in [0.1, 0.15) is 22.3 Å².